The van der Waals surface area contributed by atoms with E-state index in [2.05, 4.69) is 15.3 Å². The van der Waals surface area contributed by atoms with Crippen LogP contribution in [0.1, 0.15) is 25.8 Å². The van der Waals surface area contributed by atoms with Gasteiger partial charge in [-0.25, -0.2) is 4.68 Å². The average Bonchev–Trinajstić information content (AvgIpc) is 3.24. The minimum atomic E-state index is -0.218. The van der Waals surface area contributed by atoms with Gasteiger partial charge in [0.05, 0.1) is 18.8 Å². The molecule has 3 rings (SSSR count). The van der Waals surface area contributed by atoms with Crippen LogP contribution in [0.5, 0.6) is 5.75 Å². The Morgan fingerprint density at radius 1 is 1.46 bits per heavy atom. The van der Waals surface area contributed by atoms with Crippen LogP contribution in [0.15, 0.2) is 36.7 Å². The van der Waals surface area contributed by atoms with Gasteiger partial charge in [-0.1, -0.05) is 0 Å². The number of benzene rings is 1. The summed E-state index contributed by atoms with van der Waals surface area (Å²) in [6.07, 6.45) is 4.32. The predicted molar refractivity (Wildman–Crippen MR) is 100 cm³/mol. The summed E-state index contributed by atoms with van der Waals surface area (Å²) >= 11 is 0. The molecule has 0 radical (unpaired) electrons. The summed E-state index contributed by atoms with van der Waals surface area (Å²) in [5, 5.41) is 7.35. The molecule has 0 aliphatic carbocycles. The lowest BCUT2D eigenvalue weighted by molar-refractivity contribution is -0.126. The molecule has 7 nitrogen and oxygen atoms in total. The molecule has 2 heterocycles. The molecule has 1 aromatic heterocycles. The molecule has 1 fully saturated rings. The number of carbonyl (C=O) groups excluding carboxylic acids is 1. The number of methoxy groups -OCH3 is 1. The number of hydrogen-bond acceptors (Lipinski definition) is 5. The van der Waals surface area contributed by atoms with Crippen molar-refractivity contribution in [3.05, 3.63) is 42.2 Å². The second-order valence-electron chi connectivity index (χ2n) is 7.05. The fraction of sp³-hybridized carbons (Fsp3) is 0.474. The van der Waals surface area contributed by atoms with E-state index in [4.69, 9.17) is 10.5 Å². The van der Waals surface area contributed by atoms with Gasteiger partial charge in [0, 0.05) is 37.6 Å². The lowest BCUT2D eigenvalue weighted by Crippen LogP contribution is -2.45. The Morgan fingerprint density at radius 2 is 2.27 bits per heavy atom. The van der Waals surface area contributed by atoms with E-state index in [1.54, 1.807) is 13.3 Å². The number of nitrogens with zero attached hydrogens (tertiary/aromatic N) is 3. The Labute approximate surface area is 154 Å². The van der Waals surface area contributed by atoms with Crippen molar-refractivity contribution < 1.29 is 9.53 Å². The third-order valence-electron chi connectivity index (χ3n) is 4.58. The molecule has 0 spiro atoms. The number of aromatic nitrogens is 2. The van der Waals surface area contributed by atoms with Gasteiger partial charge in [0.15, 0.2) is 0 Å². The van der Waals surface area contributed by atoms with E-state index >= 15 is 0 Å². The molecule has 1 aliphatic heterocycles. The molecule has 26 heavy (non-hydrogen) atoms. The van der Waals surface area contributed by atoms with Gasteiger partial charge >= 0.3 is 0 Å². The number of nitrogens with one attached hydrogen (secondary N) is 1. The second-order valence-corrected chi connectivity index (χ2v) is 7.05. The first kappa shape index (κ1) is 18.4. The van der Waals surface area contributed by atoms with Crippen LogP contribution in [0.25, 0.3) is 5.69 Å². The number of hydrogen-bond donors (Lipinski definition) is 2. The van der Waals surface area contributed by atoms with Gasteiger partial charge in [0.25, 0.3) is 0 Å². The van der Waals surface area contributed by atoms with Crippen LogP contribution >= 0.6 is 0 Å². The number of likely N-dealkylation sites (tertiary alicyclic amines) is 1. The molecule has 1 amide bonds. The summed E-state index contributed by atoms with van der Waals surface area (Å²) in [7, 11) is 1.65. The van der Waals surface area contributed by atoms with Crippen molar-refractivity contribution in [2.45, 2.75) is 44.9 Å². The van der Waals surface area contributed by atoms with Crippen LogP contribution in [0, 0.1) is 0 Å². The first-order valence-electron chi connectivity index (χ1n) is 8.95. The zero-order valence-corrected chi connectivity index (χ0v) is 15.6. The highest BCUT2D eigenvalue weighted by molar-refractivity contribution is 5.82. The molecule has 0 bridgehead atoms. The summed E-state index contributed by atoms with van der Waals surface area (Å²) in [4.78, 5) is 14.7. The summed E-state index contributed by atoms with van der Waals surface area (Å²) in [5.41, 5.74) is 8.18. The smallest absolute Gasteiger partial charge is 0.237 e. The number of amides is 1. The number of ether oxygens (including phenoxy) is 1. The molecule has 2 atom stereocenters. The largest absolute Gasteiger partial charge is 0.497 e. The minimum Gasteiger partial charge on any atom is -0.497 e. The van der Waals surface area contributed by atoms with E-state index in [1.807, 2.05) is 49.0 Å². The van der Waals surface area contributed by atoms with E-state index in [9.17, 15) is 4.79 Å². The van der Waals surface area contributed by atoms with Gasteiger partial charge in [-0.3, -0.25) is 9.69 Å². The maximum absolute atomic E-state index is 12.6. The molecule has 2 aromatic rings. The zero-order chi connectivity index (χ0) is 18.7. The van der Waals surface area contributed by atoms with Crippen molar-refractivity contribution in [3.8, 4) is 11.4 Å². The lowest BCUT2D eigenvalue weighted by atomic mass is 10.1. The first-order chi connectivity index (χ1) is 12.5. The normalized spacial score (nSPS) is 20.5. The van der Waals surface area contributed by atoms with Crippen LogP contribution in [-0.4, -0.2) is 52.4 Å². The average molecular weight is 357 g/mol. The Morgan fingerprint density at radius 3 is 2.92 bits per heavy atom. The van der Waals surface area contributed by atoms with E-state index in [1.165, 1.54) is 0 Å². The van der Waals surface area contributed by atoms with E-state index in [0.717, 1.165) is 17.0 Å². The standard InChI is InChI=1S/C19H27N5O2/c1-13(2)22-19(25)18-10-15(20)12-23(18)11-14-9-16(26-3)5-6-17(14)24-8-4-7-21-24/h4-9,13,15,18H,10-12,20H2,1-3H3,(H,22,25)/t15-,18+/m1/s1. The van der Waals surface area contributed by atoms with Crippen LogP contribution < -0.4 is 15.8 Å². The van der Waals surface area contributed by atoms with Gasteiger partial charge in [0.2, 0.25) is 5.91 Å². The van der Waals surface area contributed by atoms with Crippen LogP contribution in [0.4, 0.5) is 0 Å². The molecular weight excluding hydrogens is 330 g/mol. The van der Waals surface area contributed by atoms with Crippen molar-refractivity contribution >= 4 is 5.91 Å². The van der Waals surface area contributed by atoms with Gasteiger partial charge < -0.3 is 15.8 Å². The maximum atomic E-state index is 12.6. The highest BCUT2D eigenvalue weighted by Gasteiger charge is 2.35. The molecular formula is C19H27N5O2. The van der Waals surface area contributed by atoms with Crippen molar-refractivity contribution in [2.24, 2.45) is 5.73 Å². The molecule has 0 saturated carbocycles. The summed E-state index contributed by atoms with van der Waals surface area (Å²) < 4.78 is 7.21. The monoisotopic (exact) mass is 357 g/mol. The summed E-state index contributed by atoms with van der Waals surface area (Å²) in [6.45, 7) is 5.23. The molecule has 1 saturated heterocycles. The van der Waals surface area contributed by atoms with E-state index in [0.29, 0.717) is 19.5 Å². The van der Waals surface area contributed by atoms with Crippen molar-refractivity contribution in [1.82, 2.24) is 20.0 Å². The zero-order valence-electron chi connectivity index (χ0n) is 15.6. The Balaban J connectivity index is 1.87. The third kappa shape index (κ3) is 4.05. The first-order valence-corrected chi connectivity index (χ1v) is 8.95. The molecule has 3 N–H and O–H groups in total. The molecule has 7 heteroatoms. The van der Waals surface area contributed by atoms with Crippen LogP contribution in [-0.2, 0) is 11.3 Å². The highest BCUT2D eigenvalue weighted by Crippen LogP contribution is 2.26. The van der Waals surface area contributed by atoms with Crippen LogP contribution in [0.2, 0.25) is 0 Å². The Hall–Kier alpha value is -2.38. The number of nitrogens with two attached hydrogens (primary N) is 1. The quantitative estimate of drug-likeness (QED) is 0.814. The Kier molecular flexibility index (Phi) is 5.58. The SMILES string of the molecule is COc1ccc(-n2cccn2)c(CN2C[C@H](N)C[C@H]2C(=O)NC(C)C)c1. The van der Waals surface area contributed by atoms with Gasteiger partial charge in [-0.05, 0) is 50.1 Å². The molecule has 140 valence electrons. The minimum absolute atomic E-state index is 0.00308. The molecule has 0 unspecified atom stereocenters. The van der Waals surface area contributed by atoms with E-state index < -0.39 is 0 Å². The second kappa shape index (κ2) is 7.88. The van der Waals surface area contributed by atoms with Crippen molar-refractivity contribution in [1.29, 1.82) is 0 Å². The summed E-state index contributed by atoms with van der Waals surface area (Å²) in [6, 6.07) is 7.68. The summed E-state index contributed by atoms with van der Waals surface area (Å²) in [5.74, 6) is 0.819. The van der Waals surface area contributed by atoms with Gasteiger partial charge in [0.1, 0.15) is 5.75 Å². The van der Waals surface area contributed by atoms with Gasteiger partial charge in [-0.15, -0.1) is 0 Å². The van der Waals surface area contributed by atoms with E-state index in [-0.39, 0.29) is 24.0 Å². The van der Waals surface area contributed by atoms with Crippen molar-refractivity contribution in [2.75, 3.05) is 13.7 Å². The fourth-order valence-corrected chi connectivity index (χ4v) is 3.44. The Bertz CT molecular complexity index is 744. The topological polar surface area (TPSA) is 85.4 Å². The molecule has 1 aliphatic rings. The fourth-order valence-electron chi connectivity index (χ4n) is 3.44. The molecule has 1 aromatic carbocycles. The number of carbonyl (C=O) groups is 1. The highest BCUT2D eigenvalue weighted by atomic mass is 16.5. The third-order valence-corrected chi connectivity index (χ3v) is 4.58. The van der Waals surface area contributed by atoms with Crippen molar-refractivity contribution in [3.63, 3.8) is 0 Å². The van der Waals surface area contributed by atoms with Gasteiger partial charge in [-0.2, -0.15) is 5.10 Å². The lowest BCUT2D eigenvalue weighted by Gasteiger charge is -2.25. The predicted octanol–water partition coefficient (Wildman–Crippen LogP) is 1.31. The number of rotatable bonds is 6. The van der Waals surface area contributed by atoms with Crippen LogP contribution in [0.3, 0.4) is 0 Å². The maximum Gasteiger partial charge on any atom is 0.237 e.